The molecule has 0 saturated carbocycles. The van der Waals surface area contributed by atoms with Gasteiger partial charge in [0.15, 0.2) is 5.78 Å². The van der Waals surface area contributed by atoms with E-state index in [0.29, 0.717) is 35.5 Å². The fourth-order valence-corrected chi connectivity index (χ4v) is 2.64. The van der Waals surface area contributed by atoms with Gasteiger partial charge >= 0.3 is 7.47 Å². The number of carbonyl (C=O) groups is 1. The second-order valence-corrected chi connectivity index (χ2v) is 5.72. The highest BCUT2D eigenvalue weighted by atomic mass is 19.2. The Balaban J connectivity index is 2.53. The summed E-state index contributed by atoms with van der Waals surface area (Å²) in [5, 5.41) is 0. The molecule has 2 rings (SSSR count). The number of allylic oxidation sites excluding steroid dienone is 1. The summed E-state index contributed by atoms with van der Waals surface area (Å²) in [6.07, 6.45) is 0.905. The van der Waals surface area contributed by atoms with Crippen LogP contribution in [0.4, 0.5) is 8.63 Å². The molecule has 0 amide bonds. The number of hydrogen-bond acceptors (Lipinski definition) is 4. The van der Waals surface area contributed by atoms with Gasteiger partial charge in [0, 0.05) is 16.7 Å². The Morgan fingerprint density at radius 2 is 1.37 bits per heavy atom. The summed E-state index contributed by atoms with van der Waals surface area (Å²) in [7, 11) is -0.00753. The highest BCUT2D eigenvalue weighted by Crippen LogP contribution is 2.29. The van der Waals surface area contributed by atoms with Crippen molar-refractivity contribution in [2.45, 2.75) is 19.8 Å². The van der Waals surface area contributed by atoms with Crippen molar-refractivity contribution in [3.63, 3.8) is 0 Å². The summed E-state index contributed by atoms with van der Waals surface area (Å²) in [6, 6.07) is 12.9. The average molecular weight is 374 g/mol. The first-order valence-corrected chi connectivity index (χ1v) is 8.51. The number of Topliss-reactive ketones (excluding diaryl/α,β-unsaturated/α-hetero) is 1. The predicted molar refractivity (Wildman–Crippen MR) is 101 cm³/mol. The molecule has 2 aromatic rings. The molecular weight excluding hydrogens is 353 g/mol. The summed E-state index contributed by atoms with van der Waals surface area (Å²) < 4.78 is 41.1. The smallest absolute Gasteiger partial charge is 0.504 e. The minimum atomic E-state index is -3.04. The van der Waals surface area contributed by atoms with Gasteiger partial charge in [-0.3, -0.25) is 4.79 Å². The first-order chi connectivity index (χ1) is 13.0. The van der Waals surface area contributed by atoms with E-state index in [1.54, 1.807) is 48.5 Å². The fraction of sp³-hybridized carbons (Fsp3) is 0.250. The lowest BCUT2D eigenvalue weighted by Crippen LogP contribution is -2.12. The van der Waals surface area contributed by atoms with Gasteiger partial charge in [-0.25, -0.2) is 8.63 Å². The molecule has 7 heteroatoms. The third-order valence-corrected chi connectivity index (χ3v) is 3.96. The molecule has 0 fully saturated rings. The molecule has 0 aliphatic rings. The highest BCUT2D eigenvalue weighted by Gasteiger charge is 2.26. The Morgan fingerprint density at radius 3 is 1.78 bits per heavy atom. The molecule has 4 nitrogen and oxygen atoms in total. The number of benzene rings is 2. The number of methoxy groups -OCH3 is 2. The lowest BCUT2D eigenvalue weighted by molar-refractivity contribution is 0.102. The Morgan fingerprint density at radius 1 is 0.889 bits per heavy atom. The number of ketones is 1. The van der Waals surface area contributed by atoms with Crippen LogP contribution in [0.15, 0.2) is 54.1 Å². The Hall–Kier alpha value is -2.83. The van der Waals surface area contributed by atoms with Crippen molar-refractivity contribution in [1.29, 1.82) is 0 Å². The van der Waals surface area contributed by atoms with Crippen LogP contribution < -0.4 is 9.47 Å². The molecule has 0 aliphatic heterocycles. The van der Waals surface area contributed by atoms with Gasteiger partial charge in [-0.05, 0) is 55.0 Å². The van der Waals surface area contributed by atoms with Crippen LogP contribution in [0.5, 0.6) is 11.5 Å². The van der Waals surface area contributed by atoms with Gasteiger partial charge in [-0.2, -0.15) is 0 Å². The second-order valence-electron chi connectivity index (χ2n) is 5.72. The van der Waals surface area contributed by atoms with E-state index in [0.717, 1.165) is 0 Å². The summed E-state index contributed by atoms with van der Waals surface area (Å²) in [6.45, 7) is 1.87. The molecule has 2 aromatic carbocycles. The second kappa shape index (κ2) is 9.76. The molecule has 27 heavy (non-hydrogen) atoms. The van der Waals surface area contributed by atoms with E-state index in [1.165, 1.54) is 14.2 Å². The van der Waals surface area contributed by atoms with Crippen LogP contribution in [-0.4, -0.2) is 27.5 Å². The molecule has 0 aliphatic carbocycles. The van der Waals surface area contributed by atoms with Crippen molar-refractivity contribution in [3.8, 4) is 11.5 Å². The molecular formula is C20H21BF2O4. The minimum absolute atomic E-state index is 0.115. The normalized spacial score (nSPS) is 11.4. The summed E-state index contributed by atoms with van der Waals surface area (Å²) in [5.74, 6) is 0.710. The summed E-state index contributed by atoms with van der Waals surface area (Å²) >= 11 is 0. The number of carbonyl (C=O) groups excluding carboxylic acids is 1. The third-order valence-electron chi connectivity index (χ3n) is 3.96. The van der Waals surface area contributed by atoms with Crippen LogP contribution in [0.2, 0.25) is 0 Å². The highest BCUT2D eigenvalue weighted by molar-refractivity contribution is 6.36. The quantitative estimate of drug-likeness (QED) is 0.267. The topological polar surface area (TPSA) is 44.8 Å². The Bertz CT molecular complexity index is 787. The van der Waals surface area contributed by atoms with Crippen LogP contribution in [0.25, 0.3) is 5.76 Å². The molecule has 0 radical (unpaired) electrons. The predicted octanol–water partition coefficient (Wildman–Crippen LogP) is 5.04. The van der Waals surface area contributed by atoms with E-state index < -0.39 is 7.47 Å². The molecule has 142 valence electrons. The number of hydrogen-bond donors (Lipinski definition) is 0. The Labute approximate surface area is 158 Å². The zero-order chi connectivity index (χ0) is 19.8. The molecule has 0 heterocycles. The first-order valence-electron chi connectivity index (χ1n) is 8.51. The lowest BCUT2D eigenvalue weighted by atomic mass is 9.95. The molecule has 0 N–H and O–H groups in total. The average Bonchev–Trinajstić information content (AvgIpc) is 2.70. The minimum Gasteiger partial charge on any atom is -0.504 e. The van der Waals surface area contributed by atoms with Crippen molar-refractivity contribution < 1.29 is 27.6 Å². The Kier molecular flexibility index (Phi) is 7.40. The van der Waals surface area contributed by atoms with Crippen LogP contribution in [0.1, 0.15) is 35.7 Å². The zero-order valence-electron chi connectivity index (χ0n) is 15.5. The molecule has 0 aromatic heterocycles. The lowest BCUT2D eigenvalue weighted by Gasteiger charge is -2.16. The van der Waals surface area contributed by atoms with Crippen molar-refractivity contribution in [2.24, 2.45) is 0 Å². The first kappa shape index (κ1) is 20.5. The maximum atomic E-state index is 13.1. The molecule has 0 unspecified atom stereocenters. The molecule has 0 spiro atoms. The van der Waals surface area contributed by atoms with Crippen LogP contribution in [0, 0.1) is 0 Å². The monoisotopic (exact) mass is 374 g/mol. The maximum absolute atomic E-state index is 13.1. The van der Waals surface area contributed by atoms with Gasteiger partial charge in [-0.1, -0.05) is 13.3 Å². The standard InChI is InChI=1S/C20H21BF2O4/c1-4-5-18(19(24)14-6-10-16(25-2)11-7-14)20(27-21(22)23)15-8-12-17(26-3)13-9-15/h6-13H,4-5H2,1-3H3/b20-18+. The van der Waals surface area contributed by atoms with Gasteiger partial charge in [0.25, 0.3) is 0 Å². The molecule has 0 bridgehead atoms. The van der Waals surface area contributed by atoms with E-state index in [1.807, 2.05) is 6.92 Å². The van der Waals surface area contributed by atoms with Crippen molar-refractivity contribution in [2.75, 3.05) is 14.2 Å². The number of ether oxygens (including phenoxy) is 2. The maximum Gasteiger partial charge on any atom is 0.796 e. The number of rotatable bonds is 9. The summed E-state index contributed by atoms with van der Waals surface area (Å²) in [4.78, 5) is 13.0. The fourth-order valence-electron chi connectivity index (χ4n) is 2.64. The van der Waals surface area contributed by atoms with Crippen LogP contribution in [0.3, 0.4) is 0 Å². The van der Waals surface area contributed by atoms with E-state index >= 15 is 0 Å². The molecule has 0 atom stereocenters. The largest absolute Gasteiger partial charge is 0.796 e. The van der Waals surface area contributed by atoms with Crippen LogP contribution in [-0.2, 0) is 4.65 Å². The summed E-state index contributed by atoms with van der Waals surface area (Å²) in [5.41, 5.74) is 0.970. The van der Waals surface area contributed by atoms with Gasteiger partial charge in [0.2, 0.25) is 0 Å². The van der Waals surface area contributed by atoms with Crippen molar-refractivity contribution in [3.05, 3.63) is 65.2 Å². The number of halogens is 2. The van der Waals surface area contributed by atoms with E-state index in [2.05, 4.69) is 0 Å². The van der Waals surface area contributed by atoms with Gasteiger partial charge in [-0.15, -0.1) is 0 Å². The van der Waals surface area contributed by atoms with E-state index in [4.69, 9.17) is 14.1 Å². The van der Waals surface area contributed by atoms with Crippen molar-refractivity contribution >= 4 is 19.0 Å². The molecule has 0 saturated heterocycles. The van der Waals surface area contributed by atoms with Gasteiger partial charge < -0.3 is 14.1 Å². The van der Waals surface area contributed by atoms with E-state index in [9.17, 15) is 13.4 Å². The zero-order valence-corrected chi connectivity index (χ0v) is 15.5. The van der Waals surface area contributed by atoms with Gasteiger partial charge in [0.05, 0.1) is 14.2 Å². The third kappa shape index (κ3) is 5.32. The van der Waals surface area contributed by atoms with Gasteiger partial charge in [0.1, 0.15) is 17.3 Å². The van der Waals surface area contributed by atoms with E-state index in [-0.39, 0.29) is 17.1 Å². The SMILES string of the molecule is CCC/C(C(=O)c1ccc(OC)cc1)=C(\OB(F)F)c1ccc(OC)cc1. The van der Waals surface area contributed by atoms with Crippen molar-refractivity contribution in [1.82, 2.24) is 0 Å². The van der Waals surface area contributed by atoms with Crippen LogP contribution >= 0.6 is 0 Å².